The first-order valence-corrected chi connectivity index (χ1v) is 9.61. The van der Waals surface area contributed by atoms with E-state index in [1.807, 2.05) is 0 Å². The fraction of sp³-hybridized carbons (Fsp3) is 0.318. The lowest BCUT2D eigenvalue weighted by atomic mass is 9.61. The third-order valence-electron chi connectivity index (χ3n) is 6.51. The van der Waals surface area contributed by atoms with Gasteiger partial charge in [-0.15, -0.1) is 12.4 Å². The molecule has 2 aromatic carbocycles. The maximum atomic E-state index is 13.6. The summed E-state index contributed by atoms with van der Waals surface area (Å²) in [5.41, 5.74) is 2.50. The SMILES string of the molecule is Cc1c2c(c(O)c3c(O)cccc13)C(=O)[C@@]1(O)C(O)=C(C(N)=O)C(=O)[C@H](N(C)C)[C@H]1C2.Cl. The summed E-state index contributed by atoms with van der Waals surface area (Å²) in [7, 11) is 3.10. The number of primary amides is 1. The Labute approximate surface area is 189 Å². The summed E-state index contributed by atoms with van der Waals surface area (Å²) in [6.45, 7) is 1.71. The van der Waals surface area contributed by atoms with Crippen molar-refractivity contribution in [3.05, 3.63) is 46.2 Å². The van der Waals surface area contributed by atoms with Gasteiger partial charge >= 0.3 is 0 Å². The van der Waals surface area contributed by atoms with E-state index in [-0.39, 0.29) is 35.5 Å². The van der Waals surface area contributed by atoms with Crippen molar-refractivity contribution in [1.29, 1.82) is 0 Å². The van der Waals surface area contributed by atoms with Crippen LogP contribution in [0.15, 0.2) is 29.5 Å². The van der Waals surface area contributed by atoms with Crippen molar-refractivity contribution in [1.82, 2.24) is 4.90 Å². The second-order valence-corrected chi connectivity index (χ2v) is 8.29. The number of ketones is 2. The fourth-order valence-corrected chi connectivity index (χ4v) is 5.04. The quantitative estimate of drug-likeness (QED) is 0.411. The molecule has 0 saturated heterocycles. The van der Waals surface area contributed by atoms with E-state index in [1.54, 1.807) is 33.2 Å². The number of likely N-dealkylation sites (N-methyl/N-ethyl adjacent to an activating group) is 1. The molecule has 10 heteroatoms. The number of benzene rings is 2. The molecule has 6 N–H and O–H groups in total. The minimum absolute atomic E-state index is 0. The van der Waals surface area contributed by atoms with Gasteiger partial charge in [0, 0.05) is 5.92 Å². The van der Waals surface area contributed by atoms with E-state index in [0.29, 0.717) is 16.5 Å². The number of amides is 1. The summed E-state index contributed by atoms with van der Waals surface area (Å²) < 4.78 is 0. The van der Waals surface area contributed by atoms with Gasteiger partial charge in [-0.3, -0.25) is 19.3 Å². The Bertz CT molecular complexity index is 1240. The van der Waals surface area contributed by atoms with Crippen LogP contribution in [0.2, 0.25) is 0 Å². The van der Waals surface area contributed by atoms with Crippen LogP contribution in [0.4, 0.5) is 0 Å². The lowest BCUT2D eigenvalue weighted by Gasteiger charge is -2.47. The van der Waals surface area contributed by atoms with Gasteiger partial charge in [0.25, 0.3) is 5.91 Å². The molecule has 0 aromatic heterocycles. The Hall–Kier alpha value is -3.14. The molecule has 0 saturated carbocycles. The maximum absolute atomic E-state index is 13.6. The molecule has 2 aliphatic rings. The number of rotatable bonds is 2. The van der Waals surface area contributed by atoms with E-state index in [1.165, 1.54) is 11.0 Å². The van der Waals surface area contributed by atoms with Crippen LogP contribution in [0.5, 0.6) is 11.5 Å². The van der Waals surface area contributed by atoms with Crippen molar-refractivity contribution in [2.75, 3.05) is 14.1 Å². The van der Waals surface area contributed by atoms with Crippen LogP contribution in [0.25, 0.3) is 10.8 Å². The third kappa shape index (κ3) is 2.75. The number of carbonyl (C=O) groups excluding carboxylic acids is 3. The number of hydrogen-bond donors (Lipinski definition) is 5. The average Bonchev–Trinajstić information content (AvgIpc) is 2.68. The van der Waals surface area contributed by atoms with Gasteiger partial charge in [-0.1, -0.05) is 12.1 Å². The van der Waals surface area contributed by atoms with Crippen molar-refractivity contribution >= 4 is 40.7 Å². The van der Waals surface area contributed by atoms with Crippen molar-refractivity contribution in [2.24, 2.45) is 11.7 Å². The molecule has 0 aliphatic heterocycles. The third-order valence-corrected chi connectivity index (χ3v) is 6.51. The van der Waals surface area contributed by atoms with Gasteiger partial charge in [0.05, 0.1) is 17.0 Å². The number of aliphatic hydroxyl groups excluding tert-OH is 1. The Kier molecular flexibility index (Phi) is 5.49. The molecule has 4 rings (SSSR count). The van der Waals surface area contributed by atoms with E-state index in [9.17, 15) is 34.8 Å². The summed E-state index contributed by atoms with van der Waals surface area (Å²) in [6.07, 6.45) is -0.0484. The highest BCUT2D eigenvalue weighted by Crippen LogP contribution is 2.50. The highest BCUT2D eigenvalue weighted by atomic mass is 35.5. The largest absolute Gasteiger partial charge is 0.508 e. The summed E-state index contributed by atoms with van der Waals surface area (Å²) in [6, 6.07) is 3.50. The molecule has 0 fully saturated rings. The van der Waals surface area contributed by atoms with Crippen molar-refractivity contribution < 1.29 is 34.8 Å². The van der Waals surface area contributed by atoms with Gasteiger partial charge in [0.15, 0.2) is 11.4 Å². The molecular formula is C22H23ClN2O7. The Morgan fingerprint density at radius 1 is 1.19 bits per heavy atom. The van der Waals surface area contributed by atoms with Crippen molar-refractivity contribution in [3.8, 4) is 11.5 Å². The normalized spacial score (nSPS) is 24.9. The van der Waals surface area contributed by atoms with Crippen LogP contribution in [0.1, 0.15) is 21.5 Å². The number of nitrogens with two attached hydrogens (primary N) is 1. The molecule has 32 heavy (non-hydrogen) atoms. The molecule has 1 amide bonds. The van der Waals surface area contributed by atoms with Crippen molar-refractivity contribution in [3.63, 3.8) is 0 Å². The molecule has 170 valence electrons. The number of hydrogen-bond acceptors (Lipinski definition) is 8. The maximum Gasteiger partial charge on any atom is 0.255 e. The fourth-order valence-electron chi connectivity index (χ4n) is 5.04. The number of Topliss-reactive ketones (excluding diaryl/α,β-unsaturated/α-hetero) is 2. The van der Waals surface area contributed by atoms with E-state index in [2.05, 4.69) is 0 Å². The van der Waals surface area contributed by atoms with Gasteiger partial charge in [0.1, 0.15) is 22.8 Å². The molecule has 2 aromatic rings. The van der Waals surface area contributed by atoms with Crippen LogP contribution in [-0.2, 0) is 16.0 Å². The minimum Gasteiger partial charge on any atom is -0.508 e. The molecule has 9 nitrogen and oxygen atoms in total. The van der Waals surface area contributed by atoms with E-state index < -0.39 is 52.1 Å². The number of halogens is 1. The predicted molar refractivity (Wildman–Crippen MR) is 117 cm³/mol. The smallest absolute Gasteiger partial charge is 0.255 e. The summed E-state index contributed by atoms with van der Waals surface area (Å²) in [4.78, 5) is 39.9. The molecule has 0 spiro atoms. The average molecular weight is 463 g/mol. The van der Waals surface area contributed by atoms with Gasteiger partial charge in [-0.25, -0.2) is 0 Å². The summed E-state index contributed by atoms with van der Waals surface area (Å²) >= 11 is 0. The Morgan fingerprint density at radius 2 is 1.81 bits per heavy atom. The number of aliphatic hydroxyl groups is 2. The van der Waals surface area contributed by atoms with Gasteiger partial charge in [-0.2, -0.15) is 0 Å². The number of phenols is 2. The number of aromatic hydroxyl groups is 2. The summed E-state index contributed by atoms with van der Waals surface area (Å²) in [5, 5.41) is 43.9. The second kappa shape index (κ2) is 7.47. The zero-order chi connectivity index (χ0) is 23.0. The number of aryl methyl sites for hydroxylation is 1. The van der Waals surface area contributed by atoms with Crippen LogP contribution < -0.4 is 5.73 Å². The van der Waals surface area contributed by atoms with Crippen LogP contribution >= 0.6 is 12.4 Å². The number of nitrogens with zero attached hydrogens (tertiary/aromatic N) is 1. The second-order valence-electron chi connectivity index (χ2n) is 8.29. The molecule has 0 bridgehead atoms. The first-order chi connectivity index (χ1) is 14.4. The number of carbonyl (C=O) groups is 3. The highest BCUT2D eigenvalue weighted by Gasteiger charge is 2.62. The first kappa shape index (κ1) is 23.5. The molecule has 2 aliphatic carbocycles. The monoisotopic (exact) mass is 462 g/mol. The summed E-state index contributed by atoms with van der Waals surface area (Å²) in [5.74, 6) is -6.18. The number of phenolic OH excluding ortho intramolecular Hbond substituents is 2. The van der Waals surface area contributed by atoms with Crippen LogP contribution in [-0.4, -0.2) is 68.5 Å². The van der Waals surface area contributed by atoms with Crippen LogP contribution in [0.3, 0.4) is 0 Å². The predicted octanol–water partition coefficient (Wildman–Crippen LogP) is 0.878. The molecular weight excluding hydrogens is 440 g/mol. The van der Waals surface area contributed by atoms with Gasteiger partial charge < -0.3 is 26.2 Å². The zero-order valence-corrected chi connectivity index (χ0v) is 18.4. The molecule has 0 unspecified atom stereocenters. The molecule has 3 atom stereocenters. The lowest BCUT2D eigenvalue weighted by molar-refractivity contribution is -0.132. The lowest BCUT2D eigenvalue weighted by Crippen LogP contribution is -2.64. The first-order valence-electron chi connectivity index (χ1n) is 9.61. The topological polar surface area (TPSA) is 161 Å². The molecule has 0 radical (unpaired) electrons. The minimum atomic E-state index is -2.65. The van der Waals surface area contributed by atoms with E-state index in [0.717, 1.165) is 0 Å². The highest BCUT2D eigenvalue weighted by molar-refractivity contribution is 6.25. The van der Waals surface area contributed by atoms with Gasteiger partial charge in [0.2, 0.25) is 5.78 Å². The zero-order valence-electron chi connectivity index (χ0n) is 17.5. The number of fused-ring (bicyclic) bond motifs is 3. The van der Waals surface area contributed by atoms with E-state index >= 15 is 0 Å². The van der Waals surface area contributed by atoms with Crippen molar-refractivity contribution in [2.45, 2.75) is 25.0 Å². The Morgan fingerprint density at radius 3 is 2.38 bits per heavy atom. The van der Waals surface area contributed by atoms with E-state index in [4.69, 9.17) is 5.73 Å². The Balaban J connectivity index is 0.00000289. The standard InChI is InChI=1S/C22H22N2O7.ClH/c1-8-9-5-4-6-12(25)13(9)17(26)14-10(8)7-11-16(24(2)3)18(27)15(21(23)30)20(29)22(11,31)19(14)28;/h4-6,11,16,25-26,29,31H,7H2,1-3H3,(H2,23,30);1H/t11-,16-,22-;/m1./s1. The van der Waals surface area contributed by atoms with Gasteiger partial charge in [-0.05, 0) is 50.0 Å². The molecule has 0 heterocycles. The van der Waals surface area contributed by atoms with Crippen LogP contribution in [0, 0.1) is 12.8 Å².